The monoisotopic (exact) mass is 357 g/mol. The molecule has 0 radical (unpaired) electrons. The number of hydrogen-bond acceptors (Lipinski definition) is 2. The summed E-state index contributed by atoms with van der Waals surface area (Å²) < 4.78 is 0. The van der Waals surface area contributed by atoms with Gasteiger partial charge in [-0.05, 0) is 31.2 Å². The van der Waals surface area contributed by atoms with E-state index >= 15 is 0 Å². The van der Waals surface area contributed by atoms with Crippen molar-refractivity contribution < 1.29 is 9.59 Å². The fraction of sp³-hybridized carbons (Fsp3) is 0.263. The first-order valence-corrected chi connectivity index (χ1v) is 8.57. The van der Waals surface area contributed by atoms with Crippen molar-refractivity contribution in [2.24, 2.45) is 5.92 Å². The molecule has 1 aliphatic rings. The number of rotatable bonds is 4. The van der Waals surface area contributed by atoms with Gasteiger partial charge in [-0.1, -0.05) is 41.4 Å². The van der Waals surface area contributed by atoms with E-state index < -0.39 is 0 Å². The molecule has 1 heterocycles. The SMILES string of the molecule is Cc1ccc(N2CC(CNC(=O)Nc3ccccc3Cl)CC2=O)cc1. The predicted molar refractivity (Wildman–Crippen MR) is 100 cm³/mol. The van der Waals surface area contributed by atoms with Gasteiger partial charge < -0.3 is 15.5 Å². The number of amides is 3. The van der Waals surface area contributed by atoms with Crippen molar-refractivity contribution >= 4 is 34.9 Å². The standard InChI is InChI=1S/C19H20ClN3O2/c1-13-6-8-15(9-7-13)23-12-14(10-18(23)24)11-21-19(25)22-17-5-3-2-4-16(17)20/h2-9,14H,10-12H2,1H3,(H2,21,22,25). The van der Waals surface area contributed by atoms with E-state index in [1.165, 1.54) is 0 Å². The molecule has 0 aliphatic carbocycles. The second kappa shape index (κ2) is 7.57. The van der Waals surface area contributed by atoms with Gasteiger partial charge in [0.15, 0.2) is 0 Å². The third kappa shape index (κ3) is 4.31. The fourth-order valence-electron chi connectivity index (χ4n) is 2.86. The molecule has 2 aromatic carbocycles. The summed E-state index contributed by atoms with van der Waals surface area (Å²) in [7, 11) is 0. The second-order valence-corrected chi connectivity index (χ2v) is 6.63. The summed E-state index contributed by atoms with van der Waals surface area (Å²) >= 11 is 6.02. The van der Waals surface area contributed by atoms with Crippen LogP contribution in [0.25, 0.3) is 0 Å². The Hall–Kier alpha value is -2.53. The van der Waals surface area contributed by atoms with Gasteiger partial charge in [-0.25, -0.2) is 4.79 Å². The lowest BCUT2D eigenvalue weighted by atomic mass is 10.1. The largest absolute Gasteiger partial charge is 0.338 e. The molecule has 1 fully saturated rings. The van der Waals surface area contributed by atoms with Gasteiger partial charge in [0.2, 0.25) is 5.91 Å². The predicted octanol–water partition coefficient (Wildman–Crippen LogP) is 3.82. The van der Waals surface area contributed by atoms with Crippen LogP contribution in [0.1, 0.15) is 12.0 Å². The van der Waals surface area contributed by atoms with Gasteiger partial charge in [-0.3, -0.25) is 4.79 Å². The van der Waals surface area contributed by atoms with Gasteiger partial charge >= 0.3 is 6.03 Å². The number of aryl methyl sites for hydroxylation is 1. The van der Waals surface area contributed by atoms with E-state index in [0.717, 1.165) is 11.3 Å². The Morgan fingerprint density at radius 1 is 1.20 bits per heavy atom. The molecule has 5 nitrogen and oxygen atoms in total. The summed E-state index contributed by atoms with van der Waals surface area (Å²) in [6, 6.07) is 14.6. The molecule has 2 N–H and O–H groups in total. The second-order valence-electron chi connectivity index (χ2n) is 6.22. The maximum atomic E-state index is 12.2. The Kier molecular flexibility index (Phi) is 5.24. The van der Waals surface area contributed by atoms with Crippen LogP contribution < -0.4 is 15.5 Å². The van der Waals surface area contributed by atoms with Gasteiger partial charge in [-0.2, -0.15) is 0 Å². The van der Waals surface area contributed by atoms with Crippen molar-refractivity contribution in [3.8, 4) is 0 Å². The maximum Gasteiger partial charge on any atom is 0.319 e. The van der Waals surface area contributed by atoms with Gasteiger partial charge in [0.05, 0.1) is 10.7 Å². The molecule has 3 rings (SSSR count). The van der Waals surface area contributed by atoms with Crippen LogP contribution >= 0.6 is 11.6 Å². The first-order chi connectivity index (χ1) is 12.0. The van der Waals surface area contributed by atoms with E-state index in [4.69, 9.17) is 11.6 Å². The van der Waals surface area contributed by atoms with Gasteiger partial charge in [0.25, 0.3) is 0 Å². The smallest absolute Gasteiger partial charge is 0.319 e. The summed E-state index contributed by atoms with van der Waals surface area (Å²) in [6.07, 6.45) is 0.431. The zero-order chi connectivity index (χ0) is 17.8. The third-order valence-corrected chi connectivity index (χ3v) is 4.55. The molecule has 25 heavy (non-hydrogen) atoms. The molecule has 2 aromatic rings. The number of para-hydroxylation sites is 1. The van der Waals surface area contributed by atoms with E-state index in [1.54, 1.807) is 29.2 Å². The Labute approximate surface area is 152 Å². The summed E-state index contributed by atoms with van der Waals surface area (Å²) in [4.78, 5) is 26.0. The van der Waals surface area contributed by atoms with Crippen molar-refractivity contribution in [1.29, 1.82) is 0 Å². The van der Waals surface area contributed by atoms with Crippen LogP contribution in [0.2, 0.25) is 5.02 Å². The molecule has 3 amide bonds. The molecule has 130 valence electrons. The number of urea groups is 1. The lowest BCUT2D eigenvalue weighted by Crippen LogP contribution is -2.34. The first-order valence-electron chi connectivity index (χ1n) is 8.19. The molecular weight excluding hydrogens is 338 g/mol. The lowest BCUT2D eigenvalue weighted by Gasteiger charge is -2.17. The number of halogens is 1. The van der Waals surface area contributed by atoms with Crippen molar-refractivity contribution in [3.05, 3.63) is 59.1 Å². The third-order valence-electron chi connectivity index (χ3n) is 4.22. The molecule has 0 bridgehead atoms. The minimum Gasteiger partial charge on any atom is -0.338 e. The Balaban J connectivity index is 1.52. The molecular formula is C19H20ClN3O2. The number of nitrogens with one attached hydrogen (secondary N) is 2. The van der Waals surface area contributed by atoms with E-state index in [-0.39, 0.29) is 17.9 Å². The molecule has 0 saturated carbocycles. The fourth-order valence-corrected chi connectivity index (χ4v) is 3.04. The van der Waals surface area contributed by atoms with Crippen molar-refractivity contribution in [2.45, 2.75) is 13.3 Å². The summed E-state index contributed by atoms with van der Waals surface area (Å²) in [5.74, 6) is 0.174. The van der Waals surface area contributed by atoms with Crippen molar-refractivity contribution in [1.82, 2.24) is 5.32 Å². The zero-order valence-corrected chi connectivity index (χ0v) is 14.7. The summed E-state index contributed by atoms with van der Waals surface area (Å²) in [5.41, 5.74) is 2.62. The number of hydrogen-bond donors (Lipinski definition) is 2. The molecule has 1 aliphatic heterocycles. The normalized spacial score (nSPS) is 16.8. The summed E-state index contributed by atoms with van der Waals surface area (Å²) in [6.45, 7) is 3.05. The van der Waals surface area contributed by atoms with Gasteiger partial charge in [0.1, 0.15) is 0 Å². The van der Waals surface area contributed by atoms with Crippen molar-refractivity contribution in [2.75, 3.05) is 23.3 Å². The molecule has 0 spiro atoms. The quantitative estimate of drug-likeness (QED) is 0.873. The number of nitrogens with zero attached hydrogens (tertiary/aromatic N) is 1. The van der Waals surface area contributed by atoms with E-state index in [9.17, 15) is 9.59 Å². The Bertz CT molecular complexity index is 776. The number of benzene rings is 2. The van der Waals surface area contributed by atoms with Crippen LogP contribution in [0.15, 0.2) is 48.5 Å². The Morgan fingerprint density at radius 2 is 1.92 bits per heavy atom. The zero-order valence-electron chi connectivity index (χ0n) is 14.0. The molecule has 0 aromatic heterocycles. The van der Waals surface area contributed by atoms with Crippen LogP contribution in [0.3, 0.4) is 0 Å². The first kappa shape index (κ1) is 17.3. The topological polar surface area (TPSA) is 61.4 Å². The van der Waals surface area contributed by atoms with Crippen LogP contribution in [0.5, 0.6) is 0 Å². The van der Waals surface area contributed by atoms with E-state index in [1.807, 2.05) is 31.2 Å². The van der Waals surface area contributed by atoms with Gasteiger partial charge in [-0.15, -0.1) is 0 Å². The molecule has 1 saturated heterocycles. The van der Waals surface area contributed by atoms with Crippen LogP contribution in [-0.2, 0) is 4.79 Å². The van der Waals surface area contributed by atoms with E-state index in [0.29, 0.717) is 30.2 Å². The molecule has 1 atom stereocenters. The highest BCUT2D eigenvalue weighted by Gasteiger charge is 2.30. The van der Waals surface area contributed by atoms with Gasteiger partial charge in [0, 0.05) is 31.1 Å². The highest BCUT2D eigenvalue weighted by atomic mass is 35.5. The Morgan fingerprint density at radius 3 is 2.64 bits per heavy atom. The lowest BCUT2D eigenvalue weighted by molar-refractivity contribution is -0.117. The van der Waals surface area contributed by atoms with Crippen LogP contribution in [-0.4, -0.2) is 25.0 Å². The number of carbonyl (C=O) groups is 2. The highest BCUT2D eigenvalue weighted by molar-refractivity contribution is 6.33. The minimum absolute atomic E-state index is 0.0853. The molecule has 6 heteroatoms. The minimum atomic E-state index is -0.325. The van der Waals surface area contributed by atoms with E-state index in [2.05, 4.69) is 10.6 Å². The highest BCUT2D eigenvalue weighted by Crippen LogP contribution is 2.25. The maximum absolute atomic E-state index is 12.2. The van der Waals surface area contributed by atoms with Crippen molar-refractivity contribution in [3.63, 3.8) is 0 Å². The van der Waals surface area contributed by atoms with Crippen LogP contribution in [0, 0.1) is 12.8 Å². The average Bonchev–Trinajstić information content (AvgIpc) is 2.97. The van der Waals surface area contributed by atoms with Crippen LogP contribution in [0.4, 0.5) is 16.2 Å². The number of carbonyl (C=O) groups excluding carboxylic acids is 2. The number of anilines is 2. The average molecular weight is 358 g/mol. The summed E-state index contributed by atoms with van der Waals surface area (Å²) in [5, 5.41) is 6.01. The molecule has 1 unspecified atom stereocenters.